The van der Waals surface area contributed by atoms with Gasteiger partial charge in [-0.15, -0.1) is 11.3 Å². The van der Waals surface area contributed by atoms with Crippen molar-refractivity contribution < 1.29 is 9.59 Å². The highest BCUT2D eigenvalue weighted by Gasteiger charge is 2.17. The highest BCUT2D eigenvalue weighted by Crippen LogP contribution is 2.15. The van der Waals surface area contributed by atoms with E-state index in [0.717, 1.165) is 17.1 Å². The molecular weight excluding hydrogens is 334 g/mol. The van der Waals surface area contributed by atoms with Gasteiger partial charge < -0.3 is 10.2 Å². The first kappa shape index (κ1) is 19.1. The second kappa shape index (κ2) is 9.32. The van der Waals surface area contributed by atoms with Gasteiger partial charge in [0.25, 0.3) is 0 Å². The third-order valence-corrected chi connectivity index (χ3v) is 4.55. The summed E-state index contributed by atoms with van der Waals surface area (Å²) in [7, 11) is 0. The van der Waals surface area contributed by atoms with Gasteiger partial charge in [0.2, 0.25) is 11.8 Å². The number of nitrogens with zero attached hydrogens (tertiary/aromatic N) is 2. The molecular formula is C19H25N3O2S. The Balaban J connectivity index is 1.92. The van der Waals surface area contributed by atoms with Gasteiger partial charge in [0.1, 0.15) is 0 Å². The minimum atomic E-state index is -0.131. The zero-order chi connectivity index (χ0) is 18.2. The Morgan fingerprint density at radius 3 is 2.60 bits per heavy atom. The molecule has 134 valence electrons. The molecule has 25 heavy (non-hydrogen) atoms. The summed E-state index contributed by atoms with van der Waals surface area (Å²) in [6.07, 6.45) is 1.00. The Kier molecular flexibility index (Phi) is 7.13. The van der Waals surface area contributed by atoms with E-state index < -0.39 is 0 Å². The fourth-order valence-corrected chi connectivity index (χ4v) is 3.29. The van der Waals surface area contributed by atoms with Crippen molar-refractivity contribution in [2.24, 2.45) is 0 Å². The molecule has 1 N–H and O–H groups in total. The molecule has 1 heterocycles. The van der Waals surface area contributed by atoms with Gasteiger partial charge in [-0.1, -0.05) is 30.3 Å². The van der Waals surface area contributed by atoms with Gasteiger partial charge >= 0.3 is 0 Å². The topological polar surface area (TPSA) is 62.3 Å². The van der Waals surface area contributed by atoms with Crippen molar-refractivity contribution in [1.82, 2.24) is 15.2 Å². The summed E-state index contributed by atoms with van der Waals surface area (Å²) in [6, 6.07) is 10.2. The lowest BCUT2D eigenvalue weighted by Crippen LogP contribution is -2.43. The smallest absolute Gasteiger partial charge is 0.239 e. The molecule has 0 aliphatic carbocycles. The number of hydrogen-bond acceptors (Lipinski definition) is 4. The summed E-state index contributed by atoms with van der Waals surface area (Å²) in [4.78, 5) is 30.4. The number of rotatable bonds is 8. The van der Waals surface area contributed by atoms with Crippen LogP contribution in [-0.2, 0) is 22.4 Å². The lowest BCUT2D eigenvalue weighted by atomic mass is 10.2. The van der Waals surface area contributed by atoms with Crippen molar-refractivity contribution in [2.75, 3.05) is 13.1 Å². The van der Waals surface area contributed by atoms with Gasteiger partial charge in [-0.25, -0.2) is 4.98 Å². The molecule has 0 bridgehead atoms. The van der Waals surface area contributed by atoms with E-state index in [1.807, 2.05) is 44.4 Å². The van der Waals surface area contributed by atoms with Gasteiger partial charge in [-0.3, -0.25) is 9.59 Å². The number of nitrogens with one attached hydrogen (secondary N) is 1. The van der Waals surface area contributed by atoms with Crippen LogP contribution in [0.4, 0.5) is 0 Å². The average molecular weight is 359 g/mol. The van der Waals surface area contributed by atoms with E-state index in [1.54, 1.807) is 16.2 Å². The standard InChI is InChI=1S/C19H25N3O2S/c1-4-22(12-17(23)20-14(2)3)19(24)11-16-13-25-18(21-16)10-15-8-6-5-7-9-15/h5-9,13-14H,4,10-12H2,1-3H3,(H,20,23). The van der Waals surface area contributed by atoms with Crippen molar-refractivity contribution in [2.45, 2.75) is 39.7 Å². The number of carbonyl (C=O) groups excluding carboxylic acids is 2. The Morgan fingerprint density at radius 2 is 1.96 bits per heavy atom. The maximum Gasteiger partial charge on any atom is 0.239 e. The van der Waals surface area contributed by atoms with Crippen LogP contribution < -0.4 is 5.32 Å². The first-order valence-electron chi connectivity index (χ1n) is 8.52. The number of carbonyl (C=O) groups is 2. The molecule has 0 aliphatic heterocycles. The van der Waals surface area contributed by atoms with Crippen LogP contribution in [0.1, 0.15) is 37.0 Å². The van der Waals surface area contributed by atoms with E-state index >= 15 is 0 Å². The van der Waals surface area contributed by atoms with Crippen LogP contribution in [-0.4, -0.2) is 40.8 Å². The molecule has 0 radical (unpaired) electrons. The van der Waals surface area contributed by atoms with Crippen LogP contribution in [0.2, 0.25) is 0 Å². The Morgan fingerprint density at radius 1 is 1.24 bits per heavy atom. The first-order valence-corrected chi connectivity index (χ1v) is 9.40. The highest BCUT2D eigenvalue weighted by atomic mass is 32.1. The maximum absolute atomic E-state index is 12.4. The molecule has 2 rings (SSSR count). The predicted octanol–water partition coefficient (Wildman–Crippen LogP) is 2.65. The van der Waals surface area contributed by atoms with Crippen LogP contribution in [0.3, 0.4) is 0 Å². The van der Waals surface area contributed by atoms with E-state index in [1.165, 1.54) is 5.56 Å². The Labute approximate surface area is 153 Å². The zero-order valence-corrected chi connectivity index (χ0v) is 15.8. The monoisotopic (exact) mass is 359 g/mol. The van der Waals surface area contributed by atoms with E-state index in [2.05, 4.69) is 22.4 Å². The molecule has 5 nitrogen and oxygen atoms in total. The fourth-order valence-electron chi connectivity index (χ4n) is 2.47. The van der Waals surface area contributed by atoms with Crippen LogP contribution in [0.25, 0.3) is 0 Å². The van der Waals surface area contributed by atoms with E-state index in [4.69, 9.17) is 0 Å². The summed E-state index contributed by atoms with van der Waals surface area (Å²) >= 11 is 1.57. The number of hydrogen-bond donors (Lipinski definition) is 1. The lowest BCUT2D eigenvalue weighted by Gasteiger charge is -2.20. The summed E-state index contributed by atoms with van der Waals surface area (Å²) in [5.41, 5.74) is 1.97. The lowest BCUT2D eigenvalue weighted by molar-refractivity contribution is -0.135. The van der Waals surface area contributed by atoms with Gasteiger partial charge in [-0.2, -0.15) is 0 Å². The Hall–Kier alpha value is -2.21. The second-order valence-electron chi connectivity index (χ2n) is 6.20. The van der Waals surface area contributed by atoms with Crippen LogP contribution in [0.5, 0.6) is 0 Å². The van der Waals surface area contributed by atoms with Gasteiger partial charge in [-0.05, 0) is 26.3 Å². The summed E-state index contributed by atoms with van der Waals surface area (Å²) < 4.78 is 0. The highest BCUT2D eigenvalue weighted by molar-refractivity contribution is 7.09. The maximum atomic E-state index is 12.4. The van der Waals surface area contributed by atoms with E-state index in [-0.39, 0.29) is 30.8 Å². The third-order valence-electron chi connectivity index (χ3n) is 3.65. The molecule has 0 aliphatic rings. The van der Waals surface area contributed by atoms with Crippen molar-refractivity contribution >= 4 is 23.2 Å². The molecule has 0 atom stereocenters. The van der Waals surface area contributed by atoms with Gasteiger partial charge in [0, 0.05) is 24.4 Å². The minimum Gasteiger partial charge on any atom is -0.352 e. The number of thiazole rings is 1. The van der Waals surface area contributed by atoms with Crippen molar-refractivity contribution in [3.63, 3.8) is 0 Å². The fraction of sp³-hybridized carbons (Fsp3) is 0.421. The van der Waals surface area contributed by atoms with Crippen molar-refractivity contribution in [1.29, 1.82) is 0 Å². The first-order chi connectivity index (χ1) is 12.0. The van der Waals surface area contributed by atoms with Crippen LogP contribution in [0, 0.1) is 0 Å². The van der Waals surface area contributed by atoms with Gasteiger partial charge in [0.05, 0.1) is 23.7 Å². The molecule has 0 unspecified atom stereocenters. The number of aromatic nitrogens is 1. The summed E-state index contributed by atoms with van der Waals surface area (Å²) in [6.45, 7) is 6.28. The van der Waals surface area contributed by atoms with Crippen molar-refractivity contribution in [3.05, 3.63) is 52.0 Å². The summed E-state index contributed by atoms with van der Waals surface area (Å²) in [5, 5.41) is 5.74. The van der Waals surface area contributed by atoms with E-state index in [0.29, 0.717) is 6.54 Å². The number of likely N-dealkylation sites (N-methyl/N-ethyl adjacent to an activating group) is 1. The Bertz CT molecular complexity index is 698. The quantitative estimate of drug-likeness (QED) is 0.788. The molecule has 0 saturated carbocycles. The minimum absolute atomic E-state index is 0.0698. The SMILES string of the molecule is CCN(CC(=O)NC(C)C)C(=O)Cc1csc(Cc2ccccc2)n1. The molecule has 0 spiro atoms. The molecule has 2 aromatic rings. The average Bonchev–Trinajstić information content (AvgIpc) is 2.99. The normalized spacial score (nSPS) is 10.7. The summed E-state index contributed by atoms with van der Waals surface area (Å²) in [5.74, 6) is -0.203. The zero-order valence-electron chi connectivity index (χ0n) is 15.0. The largest absolute Gasteiger partial charge is 0.352 e. The molecule has 0 saturated heterocycles. The van der Waals surface area contributed by atoms with E-state index in [9.17, 15) is 9.59 Å². The van der Waals surface area contributed by atoms with Crippen LogP contribution in [0.15, 0.2) is 35.7 Å². The van der Waals surface area contributed by atoms with Gasteiger partial charge in [0.15, 0.2) is 0 Å². The molecule has 1 aromatic heterocycles. The molecule has 1 aromatic carbocycles. The molecule has 0 fully saturated rings. The predicted molar refractivity (Wildman–Crippen MR) is 101 cm³/mol. The number of benzene rings is 1. The van der Waals surface area contributed by atoms with Crippen LogP contribution >= 0.6 is 11.3 Å². The van der Waals surface area contributed by atoms with Crippen molar-refractivity contribution in [3.8, 4) is 0 Å². The second-order valence-corrected chi connectivity index (χ2v) is 7.14. The molecule has 6 heteroatoms. The molecule has 2 amide bonds. The number of amides is 2. The third kappa shape index (κ3) is 6.31.